The van der Waals surface area contributed by atoms with Crippen LogP contribution >= 0.6 is 23.2 Å². The molecule has 0 saturated carbocycles. The molecule has 0 aliphatic carbocycles. The Morgan fingerprint density at radius 1 is 1.32 bits per heavy atom. The molecule has 6 heteroatoms. The predicted octanol–water partition coefficient (Wildman–Crippen LogP) is 3.82. The van der Waals surface area contributed by atoms with E-state index in [1.54, 1.807) is 18.2 Å². The first-order valence-electron chi connectivity index (χ1n) is 5.29. The van der Waals surface area contributed by atoms with Crippen molar-refractivity contribution in [3.8, 4) is 11.3 Å². The van der Waals surface area contributed by atoms with Crippen LogP contribution in [0.25, 0.3) is 11.3 Å². The molecule has 0 aliphatic heterocycles. The highest BCUT2D eigenvalue weighted by atomic mass is 35.5. The van der Waals surface area contributed by atoms with Gasteiger partial charge in [-0.05, 0) is 24.3 Å². The van der Waals surface area contributed by atoms with E-state index >= 15 is 0 Å². The van der Waals surface area contributed by atoms with E-state index in [-0.39, 0.29) is 5.56 Å². The molecule has 98 valence electrons. The smallest absolute Gasteiger partial charge is 0.307 e. The fraction of sp³-hybridized carbons (Fsp3) is 0.0769. The van der Waals surface area contributed by atoms with Crippen molar-refractivity contribution in [2.45, 2.75) is 6.42 Å². The summed E-state index contributed by atoms with van der Waals surface area (Å²) in [5, 5.41) is 9.59. The highest BCUT2D eigenvalue weighted by Gasteiger charge is 2.12. The molecule has 1 aromatic carbocycles. The van der Waals surface area contributed by atoms with Crippen LogP contribution in [0.15, 0.2) is 30.5 Å². The minimum atomic E-state index is -1.12. The number of benzene rings is 1. The van der Waals surface area contributed by atoms with Crippen LogP contribution in [0.2, 0.25) is 10.0 Å². The Morgan fingerprint density at radius 2 is 2.05 bits per heavy atom. The second-order valence-corrected chi connectivity index (χ2v) is 4.70. The first-order chi connectivity index (χ1) is 8.97. The third-order valence-electron chi connectivity index (χ3n) is 2.48. The van der Waals surface area contributed by atoms with Crippen LogP contribution < -0.4 is 0 Å². The molecule has 3 nitrogen and oxygen atoms in total. The Morgan fingerprint density at radius 3 is 2.74 bits per heavy atom. The SMILES string of the molecule is O=C(O)Cc1cc(-c2cc(Cl)ccc2Cl)ncc1F. The summed E-state index contributed by atoms with van der Waals surface area (Å²) in [6, 6.07) is 6.17. The molecule has 0 unspecified atom stereocenters. The van der Waals surface area contributed by atoms with Crippen molar-refractivity contribution in [3.63, 3.8) is 0 Å². The maximum Gasteiger partial charge on any atom is 0.307 e. The number of nitrogens with zero attached hydrogens (tertiary/aromatic N) is 1. The van der Waals surface area contributed by atoms with Gasteiger partial charge in [-0.25, -0.2) is 4.39 Å². The summed E-state index contributed by atoms with van der Waals surface area (Å²) < 4.78 is 13.4. The van der Waals surface area contributed by atoms with Gasteiger partial charge in [0.15, 0.2) is 0 Å². The van der Waals surface area contributed by atoms with Crippen LogP contribution in [0.3, 0.4) is 0 Å². The summed E-state index contributed by atoms with van der Waals surface area (Å²) in [5.74, 6) is -1.78. The molecule has 0 spiro atoms. The van der Waals surface area contributed by atoms with E-state index in [9.17, 15) is 9.18 Å². The van der Waals surface area contributed by atoms with Crippen molar-refractivity contribution in [2.75, 3.05) is 0 Å². The van der Waals surface area contributed by atoms with Crippen LogP contribution in [0, 0.1) is 5.82 Å². The number of hydrogen-bond donors (Lipinski definition) is 1. The summed E-state index contributed by atoms with van der Waals surface area (Å²) >= 11 is 11.9. The average Bonchev–Trinajstić information content (AvgIpc) is 2.34. The van der Waals surface area contributed by atoms with Crippen molar-refractivity contribution in [3.05, 3.63) is 51.9 Å². The van der Waals surface area contributed by atoms with Gasteiger partial charge in [-0.1, -0.05) is 23.2 Å². The van der Waals surface area contributed by atoms with Crippen LogP contribution in [0.1, 0.15) is 5.56 Å². The van der Waals surface area contributed by atoms with Crippen LogP contribution in [0.5, 0.6) is 0 Å². The molecule has 0 fully saturated rings. The van der Waals surface area contributed by atoms with E-state index in [4.69, 9.17) is 28.3 Å². The van der Waals surface area contributed by atoms with E-state index in [1.807, 2.05) is 0 Å². The van der Waals surface area contributed by atoms with Gasteiger partial charge in [0.1, 0.15) is 5.82 Å². The van der Waals surface area contributed by atoms with Gasteiger partial charge in [0.05, 0.1) is 23.3 Å². The van der Waals surface area contributed by atoms with Crippen LogP contribution in [-0.2, 0) is 11.2 Å². The average molecular weight is 300 g/mol. The standard InChI is InChI=1S/C13H8Cl2FNO2/c14-8-1-2-10(15)9(5-8)12-3-7(4-13(18)19)11(16)6-17-12/h1-3,5-6H,4H2,(H,18,19). The molecule has 2 rings (SSSR count). The molecule has 1 heterocycles. The Labute approximate surface area is 118 Å². The van der Waals surface area contributed by atoms with E-state index in [0.29, 0.717) is 21.3 Å². The van der Waals surface area contributed by atoms with Gasteiger partial charge in [-0.2, -0.15) is 0 Å². The highest BCUT2D eigenvalue weighted by Crippen LogP contribution is 2.30. The highest BCUT2D eigenvalue weighted by molar-refractivity contribution is 6.35. The third kappa shape index (κ3) is 3.22. The van der Waals surface area contributed by atoms with Gasteiger partial charge in [-0.15, -0.1) is 0 Å². The number of carbonyl (C=O) groups is 1. The van der Waals surface area contributed by atoms with Crippen molar-refractivity contribution in [1.29, 1.82) is 0 Å². The molecule has 0 aliphatic rings. The predicted molar refractivity (Wildman–Crippen MR) is 71.0 cm³/mol. The summed E-state index contributed by atoms with van der Waals surface area (Å²) in [7, 11) is 0. The molecule has 1 N–H and O–H groups in total. The molecule has 0 saturated heterocycles. The summed E-state index contributed by atoms with van der Waals surface area (Å²) in [5.41, 5.74) is 0.958. The molecule has 0 radical (unpaired) electrons. The molecular weight excluding hydrogens is 292 g/mol. The van der Waals surface area contributed by atoms with Gasteiger partial charge < -0.3 is 5.11 Å². The van der Waals surface area contributed by atoms with Gasteiger partial charge in [0.25, 0.3) is 0 Å². The first kappa shape index (κ1) is 13.8. The fourth-order valence-corrected chi connectivity index (χ4v) is 2.01. The number of aliphatic carboxylic acids is 1. The zero-order valence-electron chi connectivity index (χ0n) is 9.53. The van der Waals surface area contributed by atoms with Crippen molar-refractivity contribution >= 4 is 29.2 Å². The topological polar surface area (TPSA) is 50.2 Å². The zero-order chi connectivity index (χ0) is 14.0. The van der Waals surface area contributed by atoms with Gasteiger partial charge in [0.2, 0.25) is 0 Å². The second-order valence-electron chi connectivity index (χ2n) is 3.86. The van der Waals surface area contributed by atoms with E-state index in [0.717, 1.165) is 6.20 Å². The molecule has 2 aromatic rings. The van der Waals surface area contributed by atoms with Crippen molar-refractivity contribution in [1.82, 2.24) is 4.98 Å². The molecule has 1 aromatic heterocycles. The monoisotopic (exact) mass is 299 g/mol. The van der Waals surface area contributed by atoms with Crippen LogP contribution in [-0.4, -0.2) is 16.1 Å². The molecule has 0 bridgehead atoms. The lowest BCUT2D eigenvalue weighted by Gasteiger charge is -2.07. The van der Waals surface area contributed by atoms with Gasteiger partial charge in [0, 0.05) is 16.1 Å². The molecule has 19 heavy (non-hydrogen) atoms. The second kappa shape index (κ2) is 5.55. The quantitative estimate of drug-likeness (QED) is 0.937. The third-order valence-corrected chi connectivity index (χ3v) is 3.05. The number of halogens is 3. The van der Waals surface area contributed by atoms with Crippen molar-refractivity contribution in [2.24, 2.45) is 0 Å². The summed E-state index contributed by atoms with van der Waals surface area (Å²) in [6.45, 7) is 0. The minimum absolute atomic E-state index is 0.0496. The lowest BCUT2D eigenvalue weighted by molar-refractivity contribution is -0.136. The number of rotatable bonds is 3. The maximum absolute atomic E-state index is 13.4. The van der Waals surface area contributed by atoms with E-state index in [2.05, 4.69) is 4.98 Å². The fourth-order valence-electron chi connectivity index (χ4n) is 1.62. The van der Waals surface area contributed by atoms with Crippen molar-refractivity contribution < 1.29 is 14.3 Å². The Kier molecular flexibility index (Phi) is 4.02. The lowest BCUT2D eigenvalue weighted by Crippen LogP contribution is -2.03. The maximum atomic E-state index is 13.4. The van der Waals surface area contributed by atoms with E-state index in [1.165, 1.54) is 6.07 Å². The largest absolute Gasteiger partial charge is 0.481 e. The zero-order valence-corrected chi connectivity index (χ0v) is 11.0. The Bertz CT molecular complexity index is 647. The normalized spacial score (nSPS) is 10.5. The van der Waals surface area contributed by atoms with E-state index < -0.39 is 18.2 Å². The number of carboxylic acids is 1. The van der Waals surface area contributed by atoms with Gasteiger partial charge >= 0.3 is 5.97 Å². The minimum Gasteiger partial charge on any atom is -0.481 e. The molecular formula is C13H8Cl2FNO2. The first-order valence-corrected chi connectivity index (χ1v) is 6.04. The molecule has 0 amide bonds. The summed E-state index contributed by atoms with van der Waals surface area (Å²) in [6.07, 6.45) is 0.560. The van der Waals surface area contributed by atoms with Gasteiger partial charge in [-0.3, -0.25) is 9.78 Å². The molecule has 0 atom stereocenters. The lowest BCUT2D eigenvalue weighted by atomic mass is 10.1. The Balaban J connectivity index is 2.51. The number of aromatic nitrogens is 1. The number of hydrogen-bond acceptors (Lipinski definition) is 2. The number of pyridine rings is 1. The summed E-state index contributed by atoms with van der Waals surface area (Å²) in [4.78, 5) is 14.6. The van der Waals surface area contributed by atoms with Crippen LogP contribution in [0.4, 0.5) is 4.39 Å². The number of carboxylic acid groups (broad SMARTS) is 1. The Hall–Kier alpha value is -1.65.